The number of nitrogens with zero attached hydrogens (tertiary/aromatic N) is 2. The van der Waals surface area contributed by atoms with Gasteiger partial charge < -0.3 is 0 Å². The first-order valence-electron chi connectivity index (χ1n) is 3.79. The highest BCUT2D eigenvalue weighted by Gasteiger charge is 2.07. The Labute approximate surface area is 83.5 Å². The summed E-state index contributed by atoms with van der Waals surface area (Å²) in [5.41, 5.74) is 1.53. The molecule has 0 radical (unpaired) electrons. The van der Waals surface area contributed by atoms with Gasteiger partial charge in [0.05, 0.1) is 11.7 Å². The van der Waals surface area contributed by atoms with Crippen LogP contribution >= 0.6 is 15.9 Å². The van der Waals surface area contributed by atoms with Crippen molar-refractivity contribution in [3.05, 3.63) is 28.4 Å². The van der Waals surface area contributed by atoms with Gasteiger partial charge in [-0.1, -0.05) is 15.9 Å². The van der Waals surface area contributed by atoms with Crippen LogP contribution in [0.4, 0.5) is 0 Å². The van der Waals surface area contributed by atoms with Crippen LogP contribution in [0.15, 0.2) is 22.8 Å². The molecule has 0 saturated carbocycles. The van der Waals surface area contributed by atoms with Crippen LogP contribution in [0.1, 0.15) is 10.4 Å². The normalized spacial score (nSPS) is 10.6. The lowest BCUT2D eigenvalue weighted by Gasteiger charge is -1.99. The zero-order chi connectivity index (χ0) is 9.42. The summed E-state index contributed by atoms with van der Waals surface area (Å²) >= 11 is 3.40. The molecule has 0 saturated heterocycles. The third-order valence-electron chi connectivity index (χ3n) is 2.01. The second-order valence-corrected chi connectivity index (χ2v) is 3.64. The molecule has 0 aliphatic carbocycles. The third-order valence-corrected chi connectivity index (χ3v) is 2.70. The quantitative estimate of drug-likeness (QED) is 0.714. The van der Waals surface area contributed by atoms with E-state index in [0.29, 0.717) is 5.56 Å². The van der Waals surface area contributed by atoms with E-state index in [2.05, 4.69) is 21.0 Å². The number of rotatable bonds is 1. The maximum absolute atomic E-state index is 10.7. The molecule has 0 bridgehead atoms. The minimum Gasteiger partial charge on any atom is -0.298 e. The summed E-state index contributed by atoms with van der Waals surface area (Å²) in [6.07, 6.45) is 2.59. The lowest BCUT2D eigenvalue weighted by atomic mass is 10.2. The molecular weight excluding hydrogens is 232 g/mol. The molecule has 1 aromatic heterocycles. The number of fused-ring (bicyclic) bond motifs is 1. The minimum atomic E-state index is 0.665. The molecule has 0 aliphatic rings. The van der Waals surface area contributed by atoms with Crippen LogP contribution in [0.3, 0.4) is 0 Å². The van der Waals surface area contributed by atoms with Gasteiger partial charge in [0.25, 0.3) is 0 Å². The summed E-state index contributed by atoms with van der Waals surface area (Å²) in [6, 6.07) is 3.63. The van der Waals surface area contributed by atoms with Gasteiger partial charge >= 0.3 is 0 Å². The van der Waals surface area contributed by atoms with E-state index < -0.39 is 0 Å². The van der Waals surface area contributed by atoms with Gasteiger partial charge in [0, 0.05) is 22.5 Å². The predicted molar refractivity (Wildman–Crippen MR) is 53.8 cm³/mol. The fourth-order valence-corrected chi connectivity index (χ4v) is 1.80. The van der Waals surface area contributed by atoms with Gasteiger partial charge in [0.2, 0.25) is 0 Å². The van der Waals surface area contributed by atoms with E-state index in [0.717, 1.165) is 21.7 Å². The SMILES string of the molecule is Cn1ncc2c(Br)ccc(C=O)c21. The van der Waals surface area contributed by atoms with Crippen LogP contribution in [0.5, 0.6) is 0 Å². The van der Waals surface area contributed by atoms with Crippen LogP contribution in [0.25, 0.3) is 10.9 Å². The Kier molecular flexibility index (Phi) is 1.92. The Morgan fingerprint density at radius 1 is 1.54 bits per heavy atom. The Morgan fingerprint density at radius 3 is 3.00 bits per heavy atom. The van der Waals surface area contributed by atoms with Gasteiger partial charge in [0.1, 0.15) is 0 Å². The van der Waals surface area contributed by atoms with Crippen LogP contribution in [0.2, 0.25) is 0 Å². The van der Waals surface area contributed by atoms with E-state index in [1.807, 2.05) is 13.1 Å². The lowest BCUT2D eigenvalue weighted by molar-refractivity contribution is 0.112. The van der Waals surface area contributed by atoms with Crippen molar-refractivity contribution in [1.82, 2.24) is 9.78 Å². The van der Waals surface area contributed by atoms with Crippen LogP contribution in [-0.4, -0.2) is 16.1 Å². The molecule has 3 nitrogen and oxygen atoms in total. The summed E-state index contributed by atoms with van der Waals surface area (Å²) in [4.78, 5) is 10.7. The number of aryl methyl sites for hydroxylation is 1. The van der Waals surface area contributed by atoms with Gasteiger partial charge in [-0.2, -0.15) is 5.10 Å². The van der Waals surface area contributed by atoms with Gasteiger partial charge in [-0.25, -0.2) is 0 Å². The summed E-state index contributed by atoms with van der Waals surface area (Å²) in [5, 5.41) is 5.06. The summed E-state index contributed by atoms with van der Waals surface area (Å²) in [7, 11) is 1.82. The van der Waals surface area contributed by atoms with Crippen molar-refractivity contribution in [2.75, 3.05) is 0 Å². The van der Waals surface area contributed by atoms with Crippen molar-refractivity contribution in [2.24, 2.45) is 7.05 Å². The first kappa shape index (κ1) is 8.44. The highest BCUT2D eigenvalue weighted by Crippen LogP contribution is 2.25. The Balaban J connectivity index is 2.96. The monoisotopic (exact) mass is 238 g/mol. The summed E-state index contributed by atoms with van der Waals surface area (Å²) in [6.45, 7) is 0. The van der Waals surface area contributed by atoms with E-state index in [1.165, 1.54) is 0 Å². The molecule has 0 N–H and O–H groups in total. The number of benzene rings is 1. The second kappa shape index (κ2) is 2.96. The lowest BCUT2D eigenvalue weighted by Crippen LogP contribution is -1.93. The molecule has 2 aromatic rings. The first-order valence-corrected chi connectivity index (χ1v) is 4.58. The van der Waals surface area contributed by atoms with E-state index in [4.69, 9.17) is 0 Å². The van der Waals surface area contributed by atoms with Crippen LogP contribution < -0.4 is 0 Å². The topological polar surface area (TPSA) is 34.9 Å². The number of aldehydes is 1. The maximum Gasteiger partial charge on any atom is 0.152 e. The maximum atomic E-state index is 10.7. The van der Waals surface area contributed by atoms with E-state index in [9.17, 15) is 4.79 Å². The molecule has 0 amide bonds. The fourth-order valence-electron chi connectivity index (χ4n) is 1.38. The minimum absolute atomic E-state index is 0.665. The zero-order valence-electron chi connectivity index (χ0n) is 6.99. The van der Waals surface area contributed by atoms with E-state index >= 15 is 0 Å². The van der Waals surface area contributed by atoms with Gasteiger partial charge in [-0.3, -0.25) is 9.48 Å². The van der Waals surface area contributed by atoms with Crippen molar-refractivity contribution < 1.29 is 4.79 Å². The van der Waals surface area contributed by atoms with Crippen molar-refractivity contribution in [3.63, 3.8) is 0 Å². The van der Waals surface area contributed by atoms with Crippen molar-refractivity contribution in [1.29, 1.82) is 0 Å². The molecule has 0 aliphatic heterocycles. The van der Waals surface area contributed by atoms with E-state index in [1.54, 1.807) is 16.9 Å². The molecule has 0 unspecified atom stereocenters. The Bertz CT molecular complexity index is 476. The van der Waals surface area contributed by atoms with Crippen LogP contribution in [-0.2, 0) is 7.05 Å². The molecule has 1 heterocycles. The molecular formula is C9H7BrN2O. The average molecular weight is 239 g/mol. The summed E-state index contributed by atoms with van der Waals surface area (Å²) in [5.74, 6) is 0. The Hall–Kier alpha value is -1.16. The molecule has 66 valence electrons. The second-order valence-electron chi connectivity index (χ2n) is 2.78. The van der Waals surface area contributed by atoms with Gasteiger partial charge in [-0.05, 0) is 12.1 Å². The number of hydrogen-bond donors (Lipinski definition) is 0. The summed E-state index contributed by atoms with van der Waals surface area (Å²) < 4.78 is 2.66. The van der Waals surface area contributed by atoms with Gasteiger partial charge in [-0.15, -0.1) is 0 Å². The molecule has 1 aromatic carbocycles. The highest BCUT2D eigenvalue weighted by atomic mass is 79.9. The van der Waals surface area contributed by atoms with Crippen molar-refractivity contribution >= 4 is 33.1 Å². The molecule has 0 atom stereocenters. The number of halogens is 1. The highest BCUT2D eigenvalue weighted by molar-refractivity contribution is 9.10. The number of aromatic nitrogens is 2. The van der Waals surface area contributed by atoms with Crippen molar-refractivity contribution in [2.45, 2.75) is 0 Å². The number of carbonyl (C=O) groups is 1. The molecule has 2 rings (SSSR count). The third kappa shape index (κ3) is 1.18. The molecule has 13 heavy (non-hydrogen) atoms. The average Bonchev–Trinajstić information content (AvgIpc) is 2.51. The largest absolute Gasteiger partial charge is 0.298 e. The first-order chi connectivity index (χ1) is 6.24. The van der Waals surface area contributed by atoms with Gasteiger partial charge in [0.15, 0.2) is 6.29 Å². The molecule has 4 heteroatoms. The number of carbonyl (C=O) groups excluding carboxylic acids is 1. The van der Waals surface area contributed by atoms with Crippen LogP contribution in [0, 0.1) is 0 Å². The standard InChI is InChI=1S/C9H7BrN2O/c1-12-9-6(5-13)2-3-8(10)7(9)4-11-12/h2-5H,1H3. The number of hydrogen-bond acceptors (Lipinski definition) is 2. The molecule has 0 fully saturated rings. The van der Waals surface area contributed by atoms with Crippen molar-refractivity contribution in [3.8, 4) is 0 Å². The molecule has 0 spiro atoms. The zero-order valence-corrected chi connectivity index (χ0v) is 8.58. The van der Waals surface area contributed by atoms with E-state index in [-0.39, 0.29) is 0 Å². The fraction of sp³-hybridized carbons (Fsp3) is 0.111. The predicted octanol–water partition coefficient (Wildman–Crippen LogP) is 2.15. The smallest absolute Gasteiger partial charge is 0.152 e. The Morgan fingerprint density at radius 2 is 2.31 bits per heavy atom.